The summed E-state index contributed by atoms with van der Waals surface area (Å²) in [5, 5.41) is 0. The van der Waals surface area contributed by atoms with E-state index in [0.29, 0.717) is 0 Å². The summed E-state index contributed by atoms with van der Waals surface area (Å²) < 4.78 is 0. The van der Waals surface area contributed by atoms with Crippen LogP contribution >= 0.6 is 0 Å². The van der Waals surface area contributed by atoms with Crippen molar-refractivity contribution in [2.24, 2.45) is 5.41 Å². The fraction of sp³-hybridized carbons (Fsp3) is 0.423. The first-order valence-corrected chi connectivity index (χ1v) is 10.3. The number of carbonyl (C=O) groups excluding carboxylic acids is 1. The molecule has 1 nitrogen and oxygen atoms in total. The number of allylic oxidation sites excluding steroid dienone is 2. The van der Waals surface area contributed by atoms with Gasteiger partial charge in [0.05, 0.1) is 0 Å². The van der Waals surface area contributed by atoms with Crippen molar-refractivity contribution in [3.63, 3.8) is 0 Å². The third kappa shape index (κ3) is 3.40. The molecule has 2 aromatic carbocycles. The van der Waals surface area contributed by atoms with E-state index in [4.69, 9.17) is 0 Å². The van der Waals surface area contributed by atoms with Gasteiger partial charge in [-0.3, -0.25) is 4.79 Å². The number of carbonyl (C=O) groups is 1. The molecule has 4 rings (SSSR count). The highest BCUT2D eigenvalue weighted by Crippen LogP contribution is 2.42. The molecule has 0 aliphatic heterocycles. The predicted octanol–water partition coefficient (Wildman–Crippen LogP) is 6.90. The van der Waals surface area contributed by atoms with E-state index in [1.807, 2.05) is 12.1 Å². The molecule has 0 amide bonds. The van der Waals surface area contributed by atoms with Gasteiger partial charge in [0.1, 0.15) is 0 Å². The lowest BCUT2D eigenvalue weighted by Gasteiger charge is -2.19. The van der Waals surface area contributed by atoms with Gasteiger partial charge >= 0.3 is 0 Å². The van der Waals surface area contributed by atoms with Gasteiger partial charge in [-0.2, -0.15) is 0 Å². The van der Waals surface area contributed by atoms with E-state index in [2.05, 4.69) is 64.1 Å². The number of rotatable bonds is 2. The van der Waals surface area contributed by atoms with Crippen molar-refractivity contribution in [1.29, 1.82) is 0 Å². The summed E-state index contributed by atoms with van der Waals surface area (Å²) in [6, 6.07) is 15.1. The molecule has 1 heteroatoms. The summed E-state index contributed by atoms with van der Waals surface area (Å²) in [4.78, 5) is 13.0. The highest BCUT2D eigenvalue weighted by Gasteiger charge is 2.32. The van der Waals surface area contributed by atoms with Crippen molar-refractivity contribution >= 4 is 5.78 Å². The number of ketones is 1. The maximum atomic E-state index is 13.0. The fourth-order valence-corrected chi connectivity index (χ4v) is 4.72. The number of fused-ring (bicyclic) bond motifs is 1. The Balaban J connectivity index is 1.70. The van der Waals surface area contributed by atoms with Gasteiger partial charge in [-0.25, -0.2) is 0 Å². The zero-order chi connectivity index (χ0) is 19.2. The summed E-state index contributed by atoms with van der Waals surface area (Å²) in [5.74, 6) is 0.242. The number of hydrogen-bond acceptors (Lipinski definition) is 1. The molecule has 0 bridgehead atoms. The van der Waals surface area contributed by atoms with Gasteiger partial charge in [0.2, 0.25) is 0 Å². The summed E-state index contributed by atoms with van der Waals surface area (Å²) in [7, 11) is 0. The van der Waals surface area contributed by atoms with Gasteiger partial charge < -0.3 is 0 Å². The van der Waals surface area contributed by atoms with Crippen molar-refractivity contribution in [2.45, 2.75) is 65.2 Å². The van der Waals surface area contributed by atoms with Gasteiger partial charge in [0.25, 0.3) is 0 Å². The van der Waals surface area contributed by atoms with Crippen LogP contribution < -0.4 is 0 Å². The topological polar surface area (TPSA) is 17.1 Å². The summed E-state index contributed by atoms with van der Waals surface area (Å²) in [5.41, 5.74) is 7.24. The van der Waals surface area contributed by atoms with Crippen LogP contribution in [0.3, 0.4) is 0 Å². The smallest absolute Gasteiger partial charge is 0.189 e. The lowest BCUT2D eigenvalue weighted by atomic mass is 9.85. The monoisotopic (exact) mass is 358 g/mol. The minimum Gasteiger partial charge on any atom is -0.289 e. The van der Waals surface area contributed by atoms with Crippen LogP contribution in [0.25, 0.3) is 11.1 Å². The Labute approximate surface area is 163 Å². The minimum absolute atomic E-state index is 0.153. The number of benzene rings is 2. The highest BCUT2D eigenvalue weighted by atomic mass is 16.1. The summed E-state index contributed by atoms with van der Waals surface area (Å²) in [6.07, 6.45) is 8.07. The average Bonchev–Trinajstić information content (AvgIpc) is 3.19. The van der Waals surface area contributed by atoms with E-state index < -0.39 is 0 Å². The quantitative estimate of drug-likeness (QED) is 0.534. The van der Waals surface area contributed by atoms with Crippen molar-refractivity contribution < 1.29 is 4.79 Å². The van der Waals surface area contributed by atoms with E-state index in [1.54, 1.807) is 0 Å². The normalized spacial score (nSPS) is 20.3. The number of hydrogen-bond donors (Lipinski definition) is 0. The van der Waals surface area contributed by atoms with Gasteiger partial charge in [-0.15, -0.1) is 0 Å². The first kappa shape index (κ1) is 18.2. The van der Waals surface area contributed by atoms with Crippen LogP contribution in [-0.4, -0.2) is 5.78 Å². The lowest BCUT2D eigenvalue weighted by Crippen LogP contribution is -2.10. The Kier molecular flexibility index (Phi) is 4.37. The molecule has 0 heterocycles. The first-order chi connectivity index (χ1) is 12.8. The molecule has 0 N–H and O–H groups in total. The molecule has 0 unspecified atom stereocenters. The zero-order valence-corrected chi connectivity index (χ0v) is 17.1. The largest absolute Gasteiger partial charge is 0.289 e. The Morgan fingerprint density at radius 3 is 2.19 bits per heavy atom. The van der Waals surface area contributed by atoms with E-state index in [-0.39, 0.29) is 16.6 Å². The summed E-state index contributed by atoms with van der Waals surface area (Å²) in [6.45, 7) is 9.03. The van der Waals surface area contributed by atoms with Gasteiger partial charge in [0.15, 0.2) is 5.78 Å². The van der Waals surface area contributed by atoms with Gasteiger partial charge in [-0.05, 0) is 45.9 Å². The van der Waals surface area contributed by atoms with Crippen LogP contribution in [-0.2, 0) is 11.8 Å². The van der Waals surface area contributed by atoms with Crippen molar-refractivity contribution in [3.8, 4) is 11.1 Å². The lowest BCUT2D eigenvalue weighted by molar-refractivity contribution is 0.103. The molecule has 0 radical (unpaired) electrons. The van der Waals surface area contributed by atoms with Crippen LogP contribution in [0.15, 0.2) is 54.1 Å². The van der Waals surface area contributed by atoms with Crippen LogP contribution in [0.2, 0.25) is 0 Å². The Hall–Kier alpha value is -2.15. The maximum Gasteiger partial charge on any atom is 0.189 e. The molecule has 2 aromatic rings. The Morgan fingerprint density at radius 2 is 1.56 bits per heavy atom. The van der Waals surface area contributed by atoms with Crippen LogP contribution in [0.5, 0.6) is 0 Å². The molecular formula is C26H30O. The average molecular weight is 359 g/mol. The first-order valence-electron chi connectivity index (χ1n) is 10.3. The Bertz CT molecular complexity index is 900. The van der Waals surface area contributed by atoms with E-state index in [1.165, 1.54) is 47.9 Å². The van der Waals surface area contributed by atoms with Crippen molar-refractivity contribution in [2.75, 3.05) is 0 Å². The third-order valence-corrected chi connectivity index (χ3v) is 6.41. The molecule has 27 heavy (non-hydrogen) atoms. The predicted molar refractivity (Wildman–Crippen MR) is 113 cm³/mol. The van der Waals surface area contributed by atoms with E-state index in [0.717, 1.165) is 17.6 Å². The minimum atomic E-state index is 0.153. The molecule has 1 fully saturated rings. The van der Waals surface area contributed by atoms with Crippen LogP contribution in [0.4, 0.5) is 0 Å². The maximum absolute atomic E-state index is 13.0. The molecule has 0 spiro atoms. The fourth-order valence-electron chi connectivity index (χ4n) is 4.72. The molecule has 140 valence electrons. The van der Waals surface area contributed by atoms with Crippen LogP contribution in [0, 0.1) is 5.41 Å². The second-order valence-corrected chi connectivity index (χ2v) is 9.70. The SMILES string of the molecule is CC1(/C=C2/Cc3c(cccc3-c3ccc(C(C)(C)C)cc3)C2=O)CCCC1. The zero-order valence-electron chi connectivity index (χ0n) is 17.1. The Morgan fingerprint density at radius 1 is 0.926 bits per heavy atom. The molecule has 2 aliphatic carbocycles. The molecule has 0 atom stereocenters. The third-order valence-electron chi connectivity index (χ3n) is 6.41. The van der Waals surface area contributed by atoms with E-state index >= 15 is 0 Å². The van der Waals surface area contributed by atoms with Crippen molar-refractivity contribution in [1.82, 2.24) is 0 Å². The van der Waals surface area contributed by atoms with Crippen molar-refractivity contribution in [3.05, 3.63) is 70.8 Å². The van der Waals surface area contributed by atoms with E-state index in [9.17, 15) is 4.79 Å². The highest BCUT2D eigenvalue weighted by molar-refractivity contribution is 6.14. The molecule has 0 saturated heterocycles. The molecule has 0 aromatic heterocycles. The molecule has 1 saturated carbocycles. The van der Waals surface area contributed by atoms with Crippen LogP contribution in [0.1, 0.15) is 74.9 Å². The van der Waals surface area contributed by atoms with Gasteiger partial charge in [-0.1, -0.05) is 89.1 Å². The standard InChI is InChI=1S/C26H30O/c1-25(2,3)20-12-10-18(11-13-20)21-8-7-9-22-23(21)16-19(24(22)27)17-26(4)14-5-6-15-26/h7-13,17H,5-6,14-16H2,1-4H3/b19-17-. The van der Waals surface area contributed by atoms with Gasteiger partial charge in [0, 0.05) is 17.6 Å². The molecular weight excluding hydrogens is 328 g/mol. The second kappa shape index (κ2) is 6.48. The molecule has 2 aliphatic rings. The number of Topliss-reactive ketones (excluding diaryl/α,β-unsaturated/α-hetero) is 1. The summed E-state index contributed by atoms with van der Waals surface area (Å²) >= 11 is 0. The second-order valence-electron chi connectivity index (χ2n) is 9.70.